The van der Waals surface area contributed by atoms with Crippen molar-refractivity contribution in [3.05, 3.63) is 18.0 Å². The molecule has 0 amide bonds. The first-order valence-corrected chi connectivity index (χ1v) is 6.79. The van der Waals surface area contributed by atoms with Gasteiger partial charge in [-0.25, -0.2) is 17.9 Å². The summed E-state index contributed by atoms with van der Waals surface area (Å²) < 4.78 is 27.3. The van der Waals surface area contributed by atoms with Gasteiger partial charge in [0.05, 0.1) is 18.8 Å². The SMILES string of the molecule is Cn1cc(S(=O)(=O)NC(C)(CO)CO)cc1C(=O)O. The Kier molecular flexibility index (Phi) is 4.35. The van der Waals surface area contributed by atoms with Crippen molar-refractivity contribution >= 4 is 16.0 Å². The molecule has 4 N–H and O–H groups in total. The number of aliphatic hydroxyl groups is 2. The molecule has 0 radical (unpaired) electrons. The van der Waals surface area contributed by atoms with E-state index < -0.39 is 34.7 Å². The van der Waals surface area contributed by atoms with Crippen molar-refractivity contribution in [3.8, 4) is 0 Å². The van der Waals surface area contributed by atoms with Gasteiger partial charge in [-0.1, -0.05) is 0 Å². The lowest BCUT2D eigenvalue weighted by molar-refractivity contribution is 0.0686. The maximum absolute atomic E-state index is 12.0. The number of carbonyl (C=O) groups is 1. The molecule has 8 nitrogen and oxygen atoms in total. The fourth-order valence-electron chi connectivity index (χ4n) is 1.39. The van der Waals surface area contributed by atoms with Crippen LogP contribution in [0, 0.1) is 0 Å². The third-order valence-corrected chi connectivity index (χ3v) is 4.19. The molecule has 0 saturated heterocycles. The number of nitrogens with one attached hydrogen (secondary N) is 1. The fraction of sp³-hybridized carbons (Fsp3) is 0.500. The fourth-order valence-corrected chi connectivity index (χ4v) is 2.85. The van der Waals surface area contributed by atoms with Crippen LogP contribution < -0.4 is 4.72 Å². The topological polar surface area (TPSA) is 129 Å². The Hall–Kier alpha value is -1.42. The molecule has 1 aromatic rings. The first-order chi connectivity index (χ1) is 8.65. The van der Waals surface area contributed by atoms with Crippen LogP contribution >= 0.6 is 0 Å². The molecule has 1 heterocycles. The highest BCUT2D eigenvalue weighted by atomic mass is 32.2. The van der Waals surface area contributed by atoms with E-state index in [1.807, 2.05) is 0 Å². The number of sulfonamides is 1. The van der Waals surface area contributed by atoms with E-state index in [9.17, 15) is 13.2 Å². The molecule has 0 atom stereocenters. The summed E-state index contributed by atoms with van der Waals surface area (Å²) in [6, 6.07) is 1.000. The molecule has 1 rings (SSSR count). The highest BCUT2D eigenvalue weighted by Gasteiger charge is 2.30. The summed E-state index contributed by atoms with van der Waals surface area (Å²) in [6.45, 7) is 0.133. The molecule has 9 heteroatoms. The van der Waals surface area contributed by atoms with Crippen molar-refractivity contribution < 1.29 is 28.5 Å². The van der Waals surface area contributed by atoms with Crippen LogP contribution in [0.2, 0.25) is 0 Å². The van der Waals surface area contributed by atoms with Crippen molar-refractivity contribution in [1.82, 2.24) is 9.29 Å². The minimum Gasteiger partial charge on any atom is -0.477 e. The van der Waals surface area contributed by atoms with Gasteiger partial charge in [-0.2, -0.15) is 0 Å². The number of hydrogen-bond donors (Lipinski definition) is 4. The Morgan fingerprint density at radius 1 is 1.42 bits per heavy atom. The normalized spacial score (nSPS) is 12.6. The summed E-state index contributed by atoms with van der Waals surface area (Å²) >= 11 is 0. The lowest BCUT2D eigenvalue weighted by Gasteiger charge is -2.25. The van der Waals surface area contributed by atoms with Crippen molar-refractivity contribution in [1.29, 1.82) is 0 Å². The van der Waals surface area contributed by atoms with Crippen LogP contribution in [0.3, 0.4) is 0 Å². The summed E-state index contributed by atoms with van der Waals surface area (Å²) in [5.41, 5.74) is -1.60. The van der Waals surface area contributed by atoms with Gasteiger partial charge in [-0.15, -0.1) is 0 Å². The molecule has 0 aromatic carbocycles. The van der Waals surface area contributed by atoms with E-state index in [0.29, 0.717) is 0 Å². The van der Waals surface area contributed by atoms with Crippen molar-refractivity contribution in [2.24, 2.45) is 7.05 Å². The van der Waals surface area contributed by atoms with Gasteiger partial charge in [0.1, 0.15) is 10.6 Å². The summed E-state index contributed by atoms with van der Waals surface area (Å²) in [5.74, 6) is -1.25. The van der Waals surface area contributed by atoms with Crippen LogP contribution in [0.5, 0.6) is 0 Å². The number of aromatic nitrogens is 1. The lowest BCUT2D eigenvalue weighted by atomic mass is 10.1. The zero-order chi connectivity index (χ0) is 14.8. The van der Waals surface area contributed by atoms with Gasteiger partial charge in [-0.3, -0.25) is 0 Å². The summed E-state index contributed by atoms with van der Waals surface area (Å²) in [7, 11) is -2.63. The number of aromatic carboxylic acids is 1. The first-order valence-electron chi connectivity index (χ1n) is 5.30. The van der Waals surface area contributed by atoms with Crippen LogP contribution in [0.25, 0.3) is 0 Å². The molecule has 1 aromatic heterocycles. The molecular weight excluding hydrogens is 276 g/mol. The highest BCUT2D eigenvalue weighted by molar-refractivity contribution is 7.89. The van der Waals surface area contributed by atoms with E-state index >= 15 is 0 Å². The second-order valence-corrected chi connectivity index (χ2v) is 6.14. The average Bonchev–Trinajstić information content (AvgIpc) is 2.71. The lowest BCUT2D eigenvalue weighted by Crippen LogP contribution is -2.51. The van der Waals surface area contributed by atoms with Gasteiger partial charge >= 0.3 is 5.97 Å². The van der Waals surface area contributed by atoms with Crippen molar-refractivity contribution in [2.45, 2.75) is 17.4 Å². The number of hydrogen-bond acceptors (Lipinski definition) is 5. The third-order valence-electron chi connectivity index (χ3n) is 2.59. The summed E-state index contributed by atoms with van der Waals surface area (Å²) in [5, 5.41) is 27.0. The smallest absolute Gasteiger partial charge is 0.352 e. The number of rotatable bonds is 6. The standard InChI is InChI=1S/C10H16N2O6S/c1-10(5-13,6-14)11-19(17,18)7-3-8(9(15)16)12(2)4-7/h3-4,11,13-14H,5-6H2,1-2H3,(H,15,16). The van der Waals surface area contributed by atoms with Gasteiger partial charge in [-0.05, 0) is 13.0 Å². The Balaban J connectivity index is 3.15. The molecule has 0 fully saturated rings. The maximum atomic E-state index is 12.0. The van der Waals surface area contributed by atoms with E-state index in [1.165, 1.54) is 14.0 Å². The molecular formula is C10H16N2O6S. The number of nitrogens with zero attached hydrogens (tertiary/aromatic N) is 1. The van der Waals surface area contributed by atoms with Crippen LogP contribution in [0.1, 0.15) is 17.4 Å². The van der Waals surface area contributed by atoms with Crippen LogP contribution in [0.15, 0.2) is 17.2 Å². The minimum atomic E-state index is -4.03. The van der Waals surface area contributed by atoms with E-state index in [-0.39, 0.29) is 10.6 Å². The van der Waals surface area contributed by atoms with E-state index in [0.717, 1.165) is 16.8 Å². The number of aryl methyl sites for hydroxylation is 1. The zero-order valence-corrected chi connectivity index (χ0v) is 11.3. The average molecular weight is 292 g/mol. The largest absolute Gasteiger partial charge is 0.477 e. The molecule has 0 aliphatic heterocycles. The number of aliphatic hydroxyl groups excluding tert-OH is 2. The van der Waals surface area contributed by atoms with E-state index in [2.05, 4.69) is 4.72 Å². The predicted octanol–water partition coefficient (Wildman–Crippen LogP) is -1.26. The zero-order valence-electron chi connectivity index (χ0n) is 10.5. The van der Waals surface area contributed by atoms with Crippen LogP contribution in [0.4, 0.5) is 0 Å². The van der Waals surface area contributed by atoms with Crippen LogP contribution in [-0.2, 0) is 17.1 Å². The summed E-state index contributed by atoms with van der Waals surface area (Å²) in [4.78, 5) is 10.6. The second-order valence-electron chi connectivity index (χ2n) is 4.46. The molecule has 108 valence electrons. The monoisotopic (exact) mass is 292 g/mol. The molecule has 0 aliphatic rings. The molecule has 0 aliphatic carbocycles. The second kappa shape index (κ2) is 5.29. The molecule has 0 unspecified atom stereocenters. The van der Waals surface area contributed by atoms with Crippen molar-refractivity contribution in [3.63, 3.8) is 0 Å². The number of carboxylic acids is 1. The predicted molar refractivity (Wildman–Crippen MR) is 65.3 cm³/mol. The Labute approximate surface area is 110 Å². The Morgan fingerprint density at radius 3 is 2.32 bits per heavy atom. The summed E-state index contributed by atoms with van der Waals surface area (Å²) in [6.07, 6.45) is 1.14. The molecule has 0 saturated carbocycles. The van der Waals surface area contributed by atoms with Crippen molar-refractivity contribution in [2.75, 3.05) is 13.2 Å². The van der Waals surface area contributed by atoms with Gasteiger partial charge in [0.25, 0.3) is 0 Å². The highest BCUT2D eigenvalue weighted by Crippen LogP contribution is 2.16. The van der Waals surface area contributed by atoms with Gasteiger partial charge < -0.3 is 19.9 Å². The molecule has 19 heavy (non-hydrogen) atoms. The third kappa shape index (κ3) is 3.32. The molecule has 0 spiro atoms. The van der Waals surface area contributed by atoms with Crippen LogP contribution in [-0.4, -0.2) is 53.0 Å². The van der Waals surface area contributed by atoms with E-state index in [4.69, 9.17) is 15.3 Å². The number of carboxylic acid groups (broad SMARTS) is 1. The van der Waals surface area contributed by atoms with Gasteiger partial charge in [0.15, 0.2) is 0 Å². The maximum Gasteiger partial charge on any atom is 0.352 e. The Bertz CT molecular complexity index is 573. The van der Waals surface area contributed by atoms with Gasteiger partial charge in [0, 0.05) is 13.2 Å². The van der Waals surface area contributed by atoms with Gasteiger partial charge in [0.2, 0.25) is 10.0 Å². The molecule has 0 bridgehead atoms. The first kappa shape index (κ1) is 15.6. The van der Waals surface area contributed by atoms with E-state index in [1.54, 1.807) is 0 Å². The Morgan fingerprint density at radius 2 is 1.95 bits per heavy atom. The minimum absolute atomic E-state index is 0.185. The quantitative estimate of drug-likeness (QED) is 0.518.